The fourth-order valence-corrected chi connectivity index (χ4v) is 2.87. The van der Waals surface area contributed by atoms with Crippen molar-refractivity contribution >= 4 is 5.78 Å². The van der Waals surface area contributed by atoms with Crippen LogP contribution >= 0.6 is 0 Å². The van der Waals surface area contributed by atoms with Crippen molar-refractivity contribution in [3.05, 3.63) is 28.6 Å². The van der Waals surface area contributed by atoms with Gasteiger partial charge in [0.05, 0.1) is 5.69 Å². The molecule has 1 heterocycles. The van der Waals surface area contributed by atoms with Gasteiger partial charge in [0.2, 0.25) is 0 Å². The van der Waals surface area contributed by atoms with Gasteiger partial charge in [-0.25, -0.2) is 0 Å². The Bertz CT molecular complexity index is 509. The van der Waals surface area contributed by atoms with Crippen LogP contribution in [0.25, 0.3) is 0 Å². The van der Waals surface area contributed by atoms with Crippen LogP contribution < -0.4 is 0 Å². The number of fused-ring (bicyclic) bond motifs is 1. The van der Waals surface area contributed by atoms with Crippen LogP contribution in [0, 0.1) is 5.92 Å². The van der Waals surface area contributed by atoms with Gasteiger partial charge in [0.1, 0.15) is 0 Å². The lowest BCUT2D eigenvalue weighted by Crippen LogP contribution is -2.09. The molecule has 0 saturated heterocycles. The molecule has 0 spiro atoms. The molecule has 0 unspecified atom stereocenters. The SMILES string of the molecule is CC(C)CC(=O)C1=CCc2c(C(C)C)n[nH]c2CCC1. The number of Topliss-reactive ketones (excluding diaryl/α,β-unsaturated/α-hetero) is 1. The number of ketones is 1. The minimum atomic E-state index is 0.332. The van der Waals surface area contributed by atoms with Gasteiger partial charge < -0.3 is 0 Å². The maximum Gasteiger partial charge on any atom is 0.158 e. The summed E-state index contributed by atoms with van der Waals surface area (Å²) in [5, 5.41) is 7.65. The summed E-state index contributed by atoms with van der Waals surface area (Å²) in [4.78, 5) is 12.3. The van der Waals surface area contributed by atoms with E-state index in [2.05, 4.69) is 44.0 Å². The molecule has 0 aliphatic heterocycles. The second-order valence-electron chi connectivity index (χ2n) is 6.53. The minimum absolute atomic E-state index is 0.332. The average molecular weight is 274 g/mol. The average Bonchev–Trinajstić information content (AvgIpc) is 2.70. The van der Waals surface area contributed by atoms with Crippen LogP contribution in [0.5, 0.6) is 0 Å². The molecule has 0 saturated carbocycles. The Morgan fingerprint density at radius 1 is 1.30 bits per heavy atom. The molecule has 0 bridgehead atoms. The van der Waals surface area contributed by atoms with E-state index >= 15 is 0 Å². The van der Waals surface area contributed by atoms with Gasteiger partial charge in [-0.2, -0.15) is 5.10 Å². The zero-order chi connectivity index (χ0) is 14.7. The van der Waals surface area contributed by atoms with Crippen LogP contribution in [-0.4, -0.2) is 16.0 Å². The highest BCUT2D eigenvalue weighted by Crippen LogP contribution is 2.26. The van der Waals surface area contributed by atoms with Crippen molar-refractivity contribution in [1.29, 1.82) is 0 Å². The van der Waals surface area contributed by atoms with Gasteiger partial charge in [-0.15, -0.1) is 0 Å². The van der Waals surface area contributed by atoms with Crippen LogP contribution in [0.2, 0.25) is 0 Å². The summed E-state index contributed by atoms with van der Waals surface area (Å²) in [6.07, 6.45) is 6.59. The molecule has 3 nitrogen and oxygen atoms in total. The van der Waals surface area contributed by atoms with Gasteiger partial charge in [-0.3, -0.25) is 9.89 Å². The minimum Gasteiger partial charge on any atom is -0.295 e. The summed E-state index contributed by atoms with van der Waals surface area (Å²) < 4.78 is 0. The normalized spacial score (nSPS) is 15.8. The van der Waals surface area contributed by atoms with Crippen LogP contribution in [-0.2, 0) is 17.6 Å². The third-order valence-electron chi connectivity index (χ3n) is 3.91. The van der Waals surface area contributed by atoms with Crippen molar-refractivity contribution in [2.24, 2.45) is 5.92 Å². The van der Waals surface area contributed by atoms with E-state index in [1.54, 1.807) is 0 Å². The number of hydrogen-bond donors (Lipinski definition) is 1. The smallest absolute Gasteiger partial charge is 0.158 e. The molecular formula is C17H26N2O. The lowest BCUT2D eigenvalue weighted by molar-refractivity contribution is -0.116. The number of nitrogens with one attached hydrogen (secondary N) is 1. The quantitative estimate of drug-likeness (QED) is 0.903. The Kier molecular flexibility index (Phi) is 4.79. The number of nitrogens with zero attached hydrogens (tertiary/aromatic N) is 1. The zero-order valence-corrected chi connectivity index (χ0v) is 13.1. The fourth-order valence-electron chi connectivity index (χ4n) is 2.87. The predicted molar refractivity (Wildman–Crippen MR) is 81.9 cm³/mol. The number of H-pyrrole nitrogens is 1. The molecule has 1 aromatic rings. The second kappa shape index (κ2) is 6.38. The van der Waals surface area contributed by atoms with Crippen molar-refractivity contribution in [3.8, 4) is 0 Å². The van der Waals surface area contributed by atoms with Crippen LogP contribution in [0.1, 0.15) is 69.8 Å². The Morgan fingerprint density at radius 3 is 2.70 bits per heavy atom. The maximum absolute atomic E-state index is 12.3. The predicted octanol–water partition coefficient (Wildman–Crippen LogP) is 3.95. The summed E-state index contributed by atoms with van der Waals surface area (Å²) in [5.74, 6) is 1.19. The molecule has 0 atom stereocenters. The van der Waals surface area contributed by atoms with E-state index in [1.165, 1.54) is 11.3 Å². The molecule has 0 amide bonds. The van der Waals surface area contributed by atoms with Crippen molar-refractivity contribution in [1.82, 2.24) is 10.2 Å². The van der Waals surface area contributed by atoms with E-state index in [0.717, 1.165) is 37.0 Å². The number of allylic oxidation sites excluding steroid dienone is 2. The zero-order valence-electron chi connectivity index (χ0n) is 13.1. The summed E-state index contributed by atoms with van der Waals surface area (Å²) in [5.41, 5.74) is 4.77. The lowest BCUT2D eigenvalue weighted by Gasteiger charge is -2.13. The van der Waals surface area contributed by atoms with Crippen molar-refractivity contribution in [2.75, 3.05) is 0 Å². The lowest BCUT2D eigenvalue weighted by atomic mass is 9.91. The highest BCUT2D eigenvalue weighted by atomic mass is 16.1. The van der Waals surface area contributed by atoms with Gasteiger partial charge in [-0.1, -0.05) is 33.8 Å². The topological polar surface area (TPSA) is 45.8 Å². The van der Waals surface area contributed by atoms with Crippen molar-refractivity contribution in [2.45, 2.75) is 65.7 Å². The molecule has 1 N–H and O–H groups in total. The summed E-state index contributed by atoms with van der Waals surface area (Å²) in [6.45, 7) is 8.55. The monoisotopic (exact) mass is 274 g/mol. The first-order valence-corrected chi connectivity index (χ1v) is 7.77. The van der Waals surface area contributed by atoms with Crippen LogP contribution in [0.3, 0.4) is 0 Å². The second-order valence-corrected chi connectivity index (χ2v) is 6.53. The Balaban J connectivity index is 2.21. The molecule has 0 aromatic carbocycles. The Morgan fingerprint density at radius 2 is 2.05 bits per heavy atom. The van der Waals surface area contributed by atoms with Gasteiger partial charge in [0, 0.05) is 17.7 Å². The van der Waals surface area contributed by atoms with E-state index < -0.39 is 0 Å². The number of aromatic amines is 1. The van der Waals surface area contributed by atoms with Crippen molar-refractivity contribution in [3.63, 3.8) is 0 Å². The first-order chi connectivity index (χ1) is 9.49. The third-order valence-corrected chi connectivity index (χ3v) is 3.91. The van der Waals surface area contributed by atoms with E-state index in [0.29, 0.717) is 24.0 Å². The van der Waals surface area contributed by atoms with Gasteiger partial charge in [0.15, 0.2) is 5.78 Å². The first kappa shape index (κ1) is 15.0. The summed E-state index contributed by atoms with van der Waals surface area (Å²) in [7, 11) is 0. The standard InChI is InChI=1S/C17H26N2O/c1-11(2)10-16(20)13-6-5-7-15-14(9-8-13)17(12(3)4)19-18-15/h8,11-12H,5-7,9-10H2,1-4H3,(H,18,19). The van der Waals surface area contributed by atoms with E-state index in [4.69, 9.17) is 0 Å². The molecule has 1 aliphatic rings. The molecule has 3 heteroatoms. The number of rotatable bonds is 4. The number of aryl methyl sites for hydroxylation is 1. The molecular weight excluding hydrogens is 248 g/mol. The summed E-state index contributed by atoms with van der Waals surface area (Å²) in [6, 6.07) is 0. The highest BCUT2D eigenvalue weighted by Gasteiger charge is 2.19. The molecule has 20 heavy (non-hydrogen) atoms. The number of carbonyl (C=O) groups is 1. The largest absolute Gasteiger partial charge is 0.295 e. The van der Waals surface area contributed by atoms with Crippen molar-refractivity contribution < 1.29 is 4.79 Å². The number of aromatic nitrogens is 2. The summed E-state index contributed by atoms with van der Waals surface area (Å²) >= 11 is 0. The first-order valence-electron chi connectivity index (χ1n) is 7.77. The van der Waals surface area contributed by atoms with Gasteiger partial charge >= 0.3 is 0 Å². The van der Waals surface area contributed by atoms with E-state index in [-0.39, 0.29) is 0 Å². The molecule has 2 rings (SSSR count). The maximum atomic E-state index is 12.3. The highest BCUT2D eigenvalue weighted by molar-refractivity contribution is 5.95. The van der Waals surface area contributed by atoms with E-state index in [1.807, 2.05) is 0 Å². The molecule has 1 aromatic heterocycles. The fraction of sp³-hybridized carbons (Fsp3) is 0.647. The van der Waals surface area contributed by atoms with Gasteiger partial charge in [-0.05, 0) is 43.1 Å². The molecule has 1 aliphatic carbocycles. The number of hydrogen-bond acceptors (Lipinski definition) is 2. The Labute approximate surface area is 121 Å². The van der Waals surface area contributed by atoms with Gasteiger partial charge in [0.25, 0.3) is 0 Å². The van der Waals surface area contributed by atoms with Crippen LogP contribution in [0.15, 0.2) is 11.6 Å². The molecule has 0 radical (unpaired) electrons. The molecule has 110 valence electrons. The third kappa shape index (κ3) is 3.38. The Hall–Kier alpha value is -1.38. The molecule has 0 fully saturated rings. The number of carbonyl (C=O) groups excluding carboxylic acids is 1. The van der Waals surface area contributed by atoms with Crippen LogP contribution in [0.4, 0.5) is 0 Å². The van der Waals surface area contributed by atoms with E-state index in [9.17, 15) is 4.79 Å².